The molecule has 94 valence electrons. The average molecular weight is 240 g/mol. The Morgan fingerprint density at radius 2 is 1.53 bits per heavy atom. The highest BCUT2D eigenvalue weighted by atomic mass is 16.4. The monoisotopic (exact) mass is 240 g/mol. The topological polar surface area (TPSA) is 101 Å². The lowest BCUT2D eigenvalue weighted by atomic mass is 9.76. The van der Waals surface area contributed by atoms with Crippen LogP contribution in [-0.4, -0.2) is 49.9 Å². The maximum Gasteiger partial charge on any atom is 0.115 e. The third kappa shape index (κ3) is 2.28. The van der Waals surface area contributed by atoms with E-state index in [1.165, 1.54) is 12.1 Å². The molecule has 0 bridgehead atoms. The molecule has 1 aliphatic rings. The molecule has 0 aromatic heterocycles. The predicted octanol–water partition coefficient (Wildman–Crippen LogP) is -0.677. The molecule has 5 nitrogen and oxygen atoms in total. The summed E-state index contributed by atoms with van der Waals surface area (Å²) in [5, 5.41) is 48.3. The smallest absolute Gasteiger partial charge is 0.115 e. The Kier molecular flexibility index (Phi) is 3.35. The minimum Gasteiger partial charge on any atom is -0.508 e. The summed E-state index contributed by atoms with van der Waals surface area (Å²) in [6.45, 7) is 0. The van der Waals surface area contributed by atoms with Crippen LogP contribution in [0.4, 0.5) is 0 Å². The summed E-state index contributed by atoms with van der Waals surface area (Å²) in [5.41, 5.74) is 0.489. The van der Waals surface area contributed by atoms with Crippen molar-refractivity contribution in [1.82, 2.24) is 0 Å². The fraction of sp³-hybridized carbons (Fsp3) is 0.500. The van der Waals surface area contributed by atoms with Crippen molar-refractivity contribution >= 4 is 0 Å². The molecular formula is C12H16O5. The van der Waals surface area contributed by atoms with Crippen LogP contribution in [0.3, 0.4) is 0 Å². The van der Waals surface area contributed by atoms with Gasteiger partial charge in [0.05, 0.1) is 24.4 Å². The minimum atomic E-state index is -1.16. The van der Waals surface area contributed by atoms with Gasteiger partial charge in [0.2, 0.25) is 0 Å². The van der Waals surface area contributed by atoms with Crippen LogP contribution in [0.25, 0.3) is 0 Å². The van der Waals surface area contributed by atoms with Gasteiger partial charge in [-0.3, -0.25) is 0 Å². The lowest BCUT2D eigenvalue weighted by Crippen LogP contribution is -2.50. The molecule has 0 aliphatic heterocycles. The molecule has 1 aromatic carbocycles. The third-order valence-corrected chi connectivity index (χ3v) is 3.26. The van der Waals surface area contributed by atoms with Gasteiger partial charge < -0.3 is 25.5 Å². The first-order valence-electron chi connectivity index (χ1n) is 5.52. The number of rotatable bonds is 1. The van der Waals surface area contributed by atoms with Crippen molar-refractivity contribution in [3.8, 4) is 5.75 Å². The van der Waals surface area contributed by atoms with Crippen molar-refractivity contribution in [3.63, 3.8) is 0 Å². The fourth-order valence-electron chi connectivity index (χ4n) is 2.33. The van der Waals surface area contributed by atoms with Crippen LogP contribution in [0.1, 0.15) is 17.9 Å². The average Bonchev–Trinajstić information content (AvgIpc) is 2.27. The van der Waals surface area contributed by atoms with Crippen molar-refractivity contribution in [2.75, 3.05) is 0 Å². The molecular weight excluding hydrogens is 224 g/mol. The molecule has 0 saturated heterocycles. The van der Waals surface area contributed by atoms with E-state index in [2.05, 4.69) is 0 Å². The van der Waals surface area contributed by atoms with E-state index in [1.807, 2.05) is 0 Å². The van der Waals surface area contributed by atoms with Crippen LogP contribution >= 0.6 is 0 Å². The number of phenolic OH excluding ortho intramolecular Hbond substituents is 1. The Labute approximate surface area is 98.6 Å². The molecule has 2 rings (SSSR count). The Morgan fingerprint density at radius 1 is 0.941 bits per heavy atom. The minimum absolute atomic E-state index is 0.0106. The van der Waals surface area contributed by atoms with Crippen LogP contribution < -0.4 is 0 Å². The lowest BCUT2D eigenvalue weighted by Gasteiger charge is -2.39. The second-order valence-electron chi connectivity index (χ2n) is 4.47. The van der Waals surface area contributed by atoms with E-state index < -0.39 is 30.3 Å². The van der Waals surface area contributed by atoms with E-state index in [1.54, 1.807) is 12.1 Å². The molecule has 1 unspecified atom stereocenters. The number of phenols is 1. The van der Waals surface area contributed by atoms with E-state index >= 15 is 0 Å². The molecule has 17 heavy (non-hydrogen) atoms. The maximum absolute atomic E-state index is 9.87. The van der Waals surface area contributed by atoms with Gasteiger partial charge in [0.15, 0.2) is 0 Å². The van der Waals surface area contributed by atoms with Gasteiger partial charge in [-0.25, -0.2) is 0 Å². The molecule has 1 fully saturated rings. The molecule has 0 radical (unpaired) electrons. The molecule has 1 aromatic rings. The van der Waals surface area contributed by atoms with Crippen molar-refractivity contribution in [3.05, 3.63) is 29.8 Å². The number of hydrogen-bond donors (Lipinski definition) is 5. The van der Waals surface area contributed by atoms with Gasteiger partial charge in [0, 0.05) is 12.3 Å². The third-order valence-electron chi connectivity index (χ3n) is 3.26. The van der Waals surface area contributed by atoms with Gasteiger partial charge in [-0.1, -0.05) is 12.1 Å². The normalized spacial score (nSPS) is 38.0. The second-order valence-corrected chi connectivity index (χ2v) is 4.47. The van der Waals surface area contributed by atoms with Gasteiger partial charge in [-0.15, -0.1) is 0 Å². The highest BCUT2D eigenvalue weighted by Gasteiger charge is 2.42. The summed E-state index contributed by atoms with van der Waals surface area (Å²) in [7, 11) is 0. The summed E-state index contributed by atoms with van der Waals surface area (Å²) in [5.74, 6) is -0.794. The van der Waals surface area contributed by atoms with Crippen molar-refractivity contribution in [2.45, 2.75) is 36.8 Å². The van der Waals surface area contributed by atoms with Gasteiger partial charge in [0.25, 0.3) is 0 Å². The first kappa shape index (κ1) is 12.3. The molecule has 5 heteroatoms. The molecule has 1 saturated carbocycles. The van der Waals surface area contributed by atoms with Crippen molar-refractivity contribution in [1.29, 1.82) is 0 Å². The van der Waals surface area contributed by atoms with Gasteiger partial charge in [0.1, 0.15) is 5.75 Å². The summed E-state index contributed by atoms with van der Waals surface area (Å²) in [6.07, 6.45) is -4.54. The molecule has 0 spiro atoms. The van der Waals surface area contributed by atoms with Crippen molar-refractivity contribution < 1.29 is 25.5 Å². The Bertz CT molecular complexity index is 380. The maximum atomic E-state index is 9.87. The Hall–Kier alpha value is -1.14. The summed E-state index contributed by atoms with van der Waals surface area (Å²) < 4.78 is 0. The molecule has 5 atom stereocenters. The standard InChI is InChI=1S/C12H16O5/c13-7-3-1-2-6(4-7)10-11(16)8(14)5-9(15)12(10)17/h1-4,8-17H,5H2/t8-,9+,10?,11-,12+. The van der Waals surface area contributed by atoms with Gasteiger partial charge >= 0.3 is 0 Å². The highest BCUT2D eigenvalue weighted by molar-refractivity contribution is 5.32. The molecule has 0 heterocycles. The second kappa shape index (κ2) is 4.62. The highest BCUT2D eigenvalue weighted by Crippen LogP contribution is 2.35. The Morgan fingerprint density at radius 3 is 2.06 bits per heavy atom. The van der Waals surface area contributed by atoms with Crippen LogP contribution in [0.15, 0.2) is 24.3 Å². The van der Waals surface area contributed by atoms with E-state index in [0.29, 0.717) is 5.56 Å². The van der Waals surface area contributed by atoms with Crippen LogP contribution in [0.2, 0.25) is 0 Å². The largest absolute Gasteiger partial charge is 0.508 e. The van der Waals surface area contributed by atoms with Gasteiger partial charge in [-0.2, -0.15) is 0 Å². The van der Waals surface area contributed by atoms with Crippen LogP contribution in [-0.2, 0) is 0 Å². The van der Waals surface area contributed by atoms with Gasteiger partial charge in [-0.05, 0) is 17.7 Å². The first-order valence-corrected chi connectivity index (χ1v) is 5.52. The summed E-state index contributed by atoms with van der Waals surface area (Å²) >= 11 is 0. The SMILES string of the molecule is Oc1cccc(C2[C@@H](O)[C@@H](O)C[C@@H](O)[C@H]2O)c1. The number of aliphatic hydroxyl groups excluding tert-OH is 4. The Balaban J connectivity index is 2.34. The van der Waals surface area contributed by atoms with E-state index in [-0.39, 0.29) is 12.2 Å². The number of benzene rings is 1. The predicted molar refractivity (Wildman–Crippen MR) is 59.5 cm³/mol. The first-order chi connectivity index (χ1) is 8.00. The van der Waals surface area contributed by atoms with Crippen molar-refractivity contribution in [2.24, 2.45) is 0 Å². The molecule has 5 N–H and O–H groups in total. The van der Waals surface area contributed by atoms with Crippen LogP contribution in [0, 0.1) is 0 Å². The number of aliphatic hydroxyl groups is 4. The quantitative estimate of drug-likeness (QED) is 0.448. The molecule has 1 aliphatic carbocycles. The lowest BCUT2D eigenvalue weighted by molar-refractivity contribution is -0.123. The van der Waals surface area contributed by atoms with E-state index in [9.17, 15) is 25.5 Å². The summed E-state index contributed by atoms with van der Waals surface area (Å²) in [6, 6.07) is 6.08. The number of hydrogen-bond acceptors (Lipinski definition) is 5. The van der Waals surface area contributed by atoms with E-state index in [4.69, 9.17) is 0 Å². The van der Waals surface area contributed by atoms with Crippen LogP contribution in [0.5, 0.6) is 5.75 Å². The summed E-state index contributed by atoms with van der Waals surface area (Å²) in [4.78, 5) is 0. The zero-order chi connectivity index (χ0) is 12.6. The number of aromatic hydroxyl groups is 1. The molecule has 0 amide bonds. The fourth-order valence-corrected chi connectivity index (χ4v) is 2.33. The zero-order valence-corrected chi connectivity index (χ0v) is 9.14. The van der Waals surface area contributed by atoms with E-state index in [0.717, 1.165) is 0 Å². The zero-order valence-electron chi connectivity index (χ0n) is 9.14.